The Morgan fingerprint density at radius 3 is 2.68 bits per heavy atom. The Hall–Kier alpha value is -2.17. The normalized spacial score (nSPS) is 13.8. The third-order valence-corrected chi connectivity index (χ3v) is 7.69. The van der Waals surface area contributed by atoms with Gasteiger partial charge in [-0.3, -0.25) is 9.79 Å². The Balaban J connectivity index is 1.36. The average molecular weight is 527 g/mol. The van der Waals surface area contributed by atoms with E-state index in [1.807, 2.05) is 24.3 Å². The van der Waals surface area contributed by atoms with Gasteiger partial charge in [-0.2, -0.15) is 0 Å². The van der Waals surface area contributed by atoms with Crippen LogP contribution >= 0.6 is 23.2 Å². The maximum absolute atomic E-state index is 12.4. The fourth-order valence-electron chi connectivity index (χ4n) is 3.28. The second-order valence-electron chi connectivity index (χ2n) is 7.82. The Kier molecular flexibility index (Phi) is 9.73. The number of halogens is 2. The van der Waals surface area contributed by atoms with Crippen molar-refractivity contribution in [2.24, 2.45) is 4.99 Å². The minimum Gasteiger partial charge on any atom is -0.370 e. The van der Waals surface area contributed by atoms with Crippen LogP contribution in [0, 0.1) is 0 Å². The molecule has 2 aromatic rings. The third kappa shape index (κ3) is 7.41. The molecule has 1 aliphatic rings. The Morgan fingerprint density at radius 2 is 1.97 bits per heavy atom. The van der Waals surface area contributed by atoms with Crippen LogP contribution in [0.3, 0.4) is 0 Å². The SMILES string of the molecule is CN(Cc1ccc(C2=NCCCN2)cc1)C(=O)COCCNCS(=O)(=O)c1cccc(Cl)c1Cl. The fraction of sp³-hybridized carbons (Fsp3) is 0.391. The summed E-state index contributed by atoms with van der Waals surface area (Å²) in [7, 11) is -1.93. The summed E-state index contributed by atoms with van der Waals surface area (Å²) in [6.07, 6.45) is 1.05. The number of ether oxygens (including phenoxy) is 1. The van der Waals surface area contributed by atoms with Crippen molar-refractivity contribution in [1.82, 2.24) is 15.5 Å². The Labute approximate surface area is 210 Å². The molecule has 34 heavy (non-hydrogen) atoms. The van der Waals surface area contributed by atoms with E-state index in [9.17, 15) is 13.2 Å². The number of carbonyl (C=O) groups is 1. The van der Waals surface area contributed by atoms with Crippen molar-refractivity contribution in [3.63, 3.8) is 0 Å². The molecule has 0 radical (unpaired) electrons. The zero-order valence-corrected chi connectivity index (χ0v) is 21.2. The highest BCUT2D eigenvalue weighted by Crippen LogP contribution is 2.29. The zero-order valence-electron chi connectivity index (χ0n) is 18.9. The first-order valence-electron chi connectivity index (χ1n) is 10.8. The van der Waals surface area contributed by atoms with E-state index in [-0.39, 0.29) is 46.5 Å². The van der Waals surface area contributed by atoms with Gasteiger partial charge in [0.05, 0.1) is 21.5 Å². The first kappa shape index (κ1) is 26.4. The molecule has 1 aliphatic heterocycles. The number of carbonyl (C=O) groups excluding carboxylic acids is 1. The number of rotatable bonds is 11. The standard InChI is InChI=1S/C23H28Cl2N4O4S/c1-29(14-17-6-8-18(9-7-17)23-27-10-3-11-28-23)21(30)15-33-13-12-26-16-34(31,32)20-5-2-4-19(24)22(20)25/h2,4-9,26H,3,10-16H2,1H3,(H,27,28). The highest BCUT2D eigenvalue weighted by molar-refractivity contribution is 7.91. The van der Waals surface area contributed by atoms with Gasteiger partial charge in [-0.25, -0.2) is 8.42 Å². The Morgan fingerprint density at radius 1 is 1.21 bits per heavy atom. The number of benzene rings is 2. The maximum atomic E-state index is 12.4. The van der Waals surface area contributed by atoms with E-state index < -0.39 is 9.84 Å². The summed E-state index contributed by atoms with van der Waals surface area (Å²) in [4.78, 5) is 18.4. The van der Waals surface area contributed by atoms with Crippen LogP contribution < -0.4 is 10.6 Å². The van der Waals surface area contributed by atoms with Crippen molar-refractivity contribution in [2.45, 2.75) is 17.9 Å². The van der Waals surface area contributed by atoms with E-state index >= 15 is 0 Å². The van der Waals surface area contributed by atoms with Gasteiger partial charge in [-0.1, -0.05) is 53.5 Å². The number of hydrogen-bond donors (Lipinski definition) is 2. The molecule has 1 amide bonds. The van der Waals surface area contributed by atoms with Crippen LogP contribution in [0.4, 0.5) is 0 Å². The van der Waals surface area contributed by atoms with Crippen LogP contribution in [0.1, 0.15) is 17.5 Å². The van der Waals surface area contributed by atoms with Gasteiger partial charge in [0.25, 0.3) is 0 Å². The number of likely N-dealkylation sites (N-methyl/N-ethyl adjacent to an activating group) is 1. The number of nitrogens with zero attached hydrogens (tertiary/aromatic N) is 2. The van der Waals surface area contributed by atoms with E-state index in [4.69, 9.17) is 27.9 Å². The molecule has 2 N–H and O–H groups in total. The highest BCUT2D eigenvalue weighted by Gasteiger charge is 2.19. The predicted molar refractivity (Wildman–Crippen MR) is 134 cm³/mol. The van der Waals surface area contributed by atoms with Crippen LogP contribution in [0.25, 0.3) is 0 Å². The lowest BCUT2D eigenvalue weighted by Crippen LogP contribution is -2.32. The second kappa shape index (κ2) is 12.5. The van der Waals surface area contributed by atoms with Gasteiger partial charge in [-0.15, -0.1) is 0 Å². The molecule has 0 aromatic heterocycles. The molecule has 0 atom stereocenters. The summed E-state index contributed by atoms with van der Waals surface area (Å²) < 4.78 is 30.2. The average Bonchev–Trinajstić information content (AvgIpc) is 2.83. The lowest BCUT2D eigenvalue weighted by atomic mass is 10.1. The van der Waals surface area contributed by atoms with Crippen molar-refractivity contribution >= 4 is 44.8 Å². The van der Waals surface area contributed by atoms with Gasteiger partial charge in [0.15, 0.2) is 9.84 Å². The van der Waals surface area contributed by atoms with Crippen molar-refractivity contribution < 1.29 is 17.9 Å². The number of aliphatic imine (C=N–C) groups is 1. The Bertz CT molecular complexity index is 1120. The van der Waals surface area contributed by atoms with Crippen LogP contribution in [0.15, 0.2) is 52.4 Å². The first-order valence-corrected chi connectivity index (χ1v) is 13.3. The fourth-order valence-corrected chi connectivity index (χ4v) is 5.23. The number of amidine groups is 1. The quantitative estimate of drug-likeness (QED) is 0.436. The van der Waals surface area contributed by atoms with Crippen molar-refractivity contribution in [3.8, 4) is 0 Å². The third-order valence-electron chi connectivity index (χ3n) is 5.16. The van der Waals surface area contributed by atoms with Gasteiger partial charge in [0.2, 0.25) is 5.91 Å². The lowest BCUT2D eigenvalue weighted by Gasteiger charge is -2.18. The number of sulfone groups is 1. The molecule has 2 aromatic carbocycles. The zero-order chi connectivity index (χ0) is 24.6. The van der Waals surface area contributed by atoms with Crippen molar-refractivity contribution in [2.75, 3.05) is 45.8 Å². The minimum atomic E-state index is -3.65. The molecular weight excluding hydrogens is 499 g/mol. The molecule has 0 aliphatic carbocycles. The van der Waals surface area contributed by atoms with E-state index in [2.05, 4.69) is 15.6 Å². The molecule has 3 rings (SSSR count). The molecule has 0 bridgehead atoms. The molecule has 184 valence electrons. The van der Waals surface area contributed by atoms with E-state index in [0.29, 0.717) is 6.54 Å². The molecule has 11 heteroatoms. The second-order valence-corrected chi connectivity index (χ2v) is 10.6. The van der Waals surface area contributed by atoms with Crippen molar-refractivity contribution in [3.05, 3.63) is 63.6 Å². The summed E-state index contributed by atoms with van der Waals surface area (Å²) in [6, 6.07) is 12.4. The topological polar surface area (TPSA) is 100 Å². The van der Waals surface area contributed by atoms with Gasteiger partial charge in [-0.05, 0) is 24.1 Å². The van der Waals surface area contributed by atoms with Gasteiger partial charge in [0, 0.05) is 38.8 Å². The first-order chi connectivity index (χ1) is 16.3. The number of hydrogen-bond acceptors (Lipinski definition) is 7. The van der Waals surface area contributed by atoms with Gasteiger partial charge in [0.1, 0.15) is 18.3 Å². The monoisotopic (exact) mass is 526 g/mol. The van der Waals surface area contributed by atoms with Crippen LogP contribution in [-0.4, -0.2) is 70.8 Å². The molecule has 0 saturated heterocycles. The predicted octanol–water partition coefficient (Wildman–Crippen LogP) is 2.73. The van der Waals surface area contributed by atoms with Crippen LogP contribution in [-0.2, 0) is 25.9 Å². The molecule has 0 saturated carbocycles. The number of nitrogens with one attached hydrogen (secondary N) is 2. The largest absolute Gasteiger partial charge is 0.370 e. The highest BCUT2D eigenvalue weighted by atomic mass is 35.5. The number of amides is 1. The van der Waals surface area contributed by atoms with E-state index in [0.717, 1.165) is 36.5 Å². The molecule has 0 fully saturated rings. The summed E-state index contributed by atoms with van der Waals surface area (Å²) in [5.74, 6) is 0.427. The molecule has 8 nitrogen and oxygen atoms in total. The molecule has 0 spiro atoms. The lowest BCUT2D eigenvalue weighted by molar-refractivity contribution is -0.135. The minimum absolute atomic E-state index is 0.00454. The summed E-state index contributed by atoms with van der Waals surface area (Å²) in [6.45, 7) is 2.57. The molecule has 1 heterocycles. The summed E-state index contributed by atoms with van der Waals surface area (Å²) in [5, 5.41) is 6.27. The van der Waals surface area contributed by atoms with Crippen LogP contribution in [0.2, 0.25) is 10.0 Å². The summed E-state index contributed by atoms with van der Waals surface area (Å²) in [5.41, 5.74) is 2.04. The maximum Gasteiger partial charge on any atom is 0.248 e. The van der Waals surface area contributed by atoms with Gasteiger partial charge < -0.3 is 20.3 Å². The molecule has 0 unspecified atom stereocenters. The van der Waals surface area contributed by atoms with E-state index in [1.165, 1.54) is 18.2 Å². The summed E-state index contributed by atoms with van der Waals surface area (Å²) >= 11 is 11.9. The van der Waals surface area contributed by atoms with Crippen LogP contribution in [0.5, 0.6) is 0 Å². The molecular formula is C23H28Cl2N4O4S. The smallest absolute Gasteiger partial charge is 0.248 e. The van der Waals surface area contributed by atoms with E-state index in [1.54, 1.807) is 11.9 Å². The van der Waals surface area contributed by atoms with Crippen molar-refractivity contribution in [1.29, 1.82) is 0 Å². The van der Waals surface area contributed by atoms with Gasteiger partial charge >= 0.3 is 0 Å².